The first-order valence-electron chi connectivity index (χ1n) is 6.51. The average Bonchev–Trinajstić information content (AvgIpc) is 2.41. The molecule has 1 atom stereocenters. The van der Waals surface area contributed by atoms with Crippen molar-refractivity contribution in [1.82, 2.24) is 0 Å². The maximum Gasteiger partial charge on any atom is 0.349 e. The second-order valence-electron chi connectivity index (χ2n) is 4.21. The Morgan fingerprint density at radius 2 is 1.65 bits per heavy atom. The molecule has 20 heavy (non-hydrogen) atoms. The minimum Gasteiger partial charge on any atom is -0.468 e. The van der Waals surface area contributed by atoms with Gasteiger partial charge >= 0.3 is 13.6 Å². The fourth-order valence-corrected chi connectivity index (χ4v) is 3.85. The summed E-state index contributed by atoms with van der Waals surface area (Å²) in [6.07, 6.45) is 0. The van der Waals surface area contributed by atoms with Crippen LogP contribution in [-0.2, 0) is 23.1 Å². The van der Waals surface area contributed by atoms with Gasteiger partial charge in [-0.25, -0.2) is 0 Å². The minimum absolute atomic E-state index is 0.191. The van der Waals surface area contributed by atoms with Gasteiger partial charge in [-0.3, -0.25) is 9.36 Å². The molecule has 0 fully saturated rings. The number of aryl methyl sites for hydroxylation is 1. The highest BCUT2D eigenvalue weighted by molar-refractivity contribution is 7.55. The molecule has 0 aliphatic carbocycles. The van der Waals surface area contributed by atoms with Crippen LogP contribution in [0.1, 0.15) is 30.6 Å². The summed E-state index contributed by atoms with van der Waals surface area (Å²) in [6, 6.07) is 7.16. The number of carbonyl (C=O) groups is 1. The van der Waals surface area contributed by atoms with E-state index in [2.05, 4.69) is 0 Å². The van der Waals surface area contributed by atoms with Gasteiger partial charge in [0.25, 0.3) is 0 Å². The predicted octanol–water partition coefficient (Wildman–Crippen LogP) is 3.48. The summed E-state index contributed by atoms with van der Waals surface area (Å²) in [4.78, 5) is 12.0. The van der Waals surface area contributed by atoms with E-state index in [9.17, 15) is 9.36 Å². The Kier molecular flexibility index (Phi) is 6.40. The van der Waals surface area contributed by atoms with Crippen molar-refractivity contribution in [3.63, 3.8) is 0 Å². The standard InChI is InChI=1S/C14H21O5P/c1-5-18-20(16,19-6-2)13(14(15)17-4)12-9-7-11(3)8-10-12/h7-10,13H,5-6H2,1-4H3/t13-/m1/s1. The maximum absolute atomic E-state index is 12.9. The smallest absolute Gasteiger partial charge is 0.349 e. The fourth-order valence-electron chi connectivity index (χ4n) is 1.85. The van der Waals surface area contributed by atoms with Gasteiger partial charge in [0.2, 0.25) is 0 Å². The molecule has 6 heteroatoms. The summed E-state index contributed by atoms with van der Waals surface area (Å²) in [7, 11) is -2.36. The lowest BCUT2D eigenvalue weighted by molar-refractivity contribution is -0.140. The SMILES string of the molecule is CCOP(=O)(OCC)[C@@H](C(=O)OC)c1ccc(C)cc1. The third kappa shape index (κ3) is 3.92. The second-order valence-corrected chi connectivity index (χ2v) is 6.32. The monoisotopic (exact) mass is 300 g/mol. The lowest BCUT2D eigenvalue weighted by Crippen LogP contribution is -2.17. The van der Waals surface area contributed by atoms with E-state index in [-0.39, 0.29) is 13.2 Å². The van der Waals surface area contributed by atoms with Gasteiger partial charge in [-0.05, 0) is 26.3 Å². The summed E-state index contributed by atoms with van der Waals surface area (Å²) in [5, 5.41) is 0. The summed E-state index contributed by atoms with van der Waals surface area (Å²) in [5.41, 5.74) is 0.542. The number of hydrogen-bond donors (Lipinski definition) is 0. The van der Waals surface area contributed by atoms with Crippen molar-refractivity contribution in [3.05, 3.63) is 35.4 Å². The van der Waals surface area contributed by atoms with Crippen LogP contribution in [0.3, 0.4) is 0 Å². The van der Waals surface area contributed by atoms with Crippen LogP contribution < -0.4 is 0 Å². The lowest BCUT2D eigenvalue weighted by atomic mass is 10.1. The summed E-state index contributed by atoms with van der Waals surface area (Å²) < 4.78 is 28.2. The quantitative estimate of drug-likeness (QED) is 0.570. The van der Waals surface area contributed by atoms with Crippen LogP contribution in [0.4, 0.5) is 0 Å². The maximum atomic E-state index is 12.9. The molecule has 1 aromatic carbocycles. The number of rotatable bonds is 7. The van der Waals surface area contributed by atoms with E-state index in [1.54, 1.807) is 26.0 Å². The number of benzene rings is 1. The molecule has 0 aliphatic rings. The van der Waals surface area contributed by atoms with Crippen LogP contribution in [0.25, 0.3) is 0 Å². The van der Waals surface area contributed by atoms with Crippen molar-refractivity contribution < 1.29 is 23.1 Å². The summed E-state index contributed by atoms with van der Waals surface area (Å²) in [6.45, 7) is 5.72. The highest BCUT2D eigenvalue weighted by atomic mass is 31.2. The van der Waals surface area contributed by atoms with Crippen molar-refractivity contribution in [2.45, 2.75) is 26.4 Å². The molecule has 0 unspecified atom stereocenters. The van der Waals surface area contributed by atoms with Crippen molar-refractivity contribution in [2.24, 2.45) is 0 Å². The molecular weight excluding hydrogens is 279 g/mol. The second kappa shape index (κ2) is 7.58. The van der Waals surface area contributed by atoms with Crippen LogP contribution in [-0.4, -0.2) is 26.3 Å². The highest BCUT2D eigenvalue weighted by Crippen LogP contribution is 2.61. The van der Waals surface area contributed by atoms with E-state index < -0.39 is 19.2 Å². The molecule has 1 aromatic rings. The molecule has 0 bridgehead atoms. The molecule has 0 N–H and O–H groups in total. The molecule has 1 rings (SSSR count). The minimum atomic E-state index is -3.61. The van der Waals surface area contributed by atoms with Crippen molar-refractivity contribution in [1.29, 1.82) is 0 Å². The largest absolute Gasteiger partial charge is 0.468 e. The first kappa shape index (κ1) is 16.9. The number of hydrogen-bond acceptors (Lipinski definition) is 5. The third-order valence-electron chi connectivity index (χ3n) is 2.75. The molecule has 112 valence electrons. The number of esters is 1. The Morgan fingerprint density at radius 1 is 1.15 bits per heavy atom. The predicted molar refractivity (Wildman–Crippen MR) is 76.8 cm³/mol. The molecule has 0 saturated carbocycles. The lowest BCUT2D eigenvalue weighted by Gasteiger charge is -2.24. The third-order valence-corrected chi connectivity index (χ3v) is 5.13. The van der Waals surface area contributed by atoms with Crippen LogP contribution >= 0.6 is 7.60 Å². The molecule has 0 saturated heterocycles. The Labute approximate surface area is 119 Å². The molecule has 0 aromatic heterocycles. The topological polar surface area (TPSA) is 61.8 Å². The summed E-state index contributed by atoms with van der Waals surface area (Å²) in [5.74, 6) is -0.626. The van der Waals surface area contributed by atoms with Crippen molar-refractivity contribution in [2.75, 3.05) is 20.3 Å². The van der Waals surface area contributed by atoms with Gasteiger partial charge in [-0.2, -0.15) is 0 Å². The number of methoxy groups -OCH3 is 1. The first-order chi connectivity index (χ1) is 9.48. The molecule has 0 spiro atoms. The van der Waals surface area contributed by atoms with Gasteiger partial charge in [0.1, 0.15) is 0 Å². The van der Waals surface area contributed by atoms with Crippen molar-refractivity contribution >= 4 is 13.6 Å². The number of carbonyl (C=O) groups excluding carboxylic acids is 1. The highest BCUT2D eigenvalue weighted by Gasteiger charge is 2.43. The van der Waals surface area contributed by atoms with Gasteiger partial charge in [0, 0.05) is 0 Å². The normalized spacial score (nSPS) is 13.0. The zero-order chi connectivity index (χ0) is 15.2. The van der Waals surface area contributed by atoms with E-state index in [1.165, 1.54) is 7.11 Å². The molecule has 0 aliphatic heterocycles. The van der Waals surface area contributed by atoms with Crippen LogP contribution in [0, 0.1) is 6.92 Å². The van der Waals surface area contributed by atoms with Gasteiger partial charge in [-0.1, -0.05) is 29.8 Å². The van der Waals surface area contributed by atoms with Crippen LogP contribution in [0.2, 0.25) is 0 Å². The van der Waals surface area contributed by atoms with Gasteiger partial charge in [-0.15, -0.1) is 0 Å². The Morgan fingerprint density at radius 3 is 2.05 bits per heavy atom. The average molecular weight is 300 g/mol. The molecule has 0 amide bonds. The van der Waals surface area contributed by atoms with E-state index in [1.807, 2.05) is 19.1 Å². The molecule has 5 nitrogen and oxygen atoms in total. The van der Waals surface area contributed by atoms with Crippen LogP contribution in [0.5, 0.6) is 0 Å². The summed E-state index contributed by atoms with van der Waals surface area (Å²) >= 11 is 0. The van der Waals surface area contributed by atoms with E-state index in [0.717, 1.165) is 5.56 Å². The number of ether oxygens (including phenoxy) is 1. The van der Waals surface area contributed by atoms with Gasteiger partial charge in [0.15, 0.2) is 5.66 Å². The van der Waals surface area contributed by atoms with Crippen LogP contribution in [0.15, 0.2) is 24.3 Å². The Balaban J connectivity index is 3.26. The Bertz CT molecular complexity index is 473. The van der Waals surface area contributed by atoms with Gasteiger partial charge in [0.05, 0.1) is 20.3 Å². The fraction of sp³-hybridized carbons (Fsp3) is 0.500. The molecule has 0 heterocycles. The zero-order valence-electron chi connectivity index (χ0n) is 12.3. The van der Waals surface area contributed by atoms with E-state index in [0.29, 0.717) is 5.56 Å². The van der Waals surface area contributed by atoms with E-state index >= 15 is 0 Å². The molecular formula is C14H21O5P. The first-order valence-corrected chi connectivity index (χ1v) is 8.12. The van der Waals surface area contributed by atoms with Crippen molar-refractivity contribution in [3.8, 4) is 0 Å². The molecule has 0 radical (unpaired) electrons. The Hall–Kier alpha value is -1.16. The zero-order valence-corrected chi connectivity index (χ0v) is 13.2. The van der Waals surface area contributed by atoms with Gasteiger partial charge < -0.3 is 13.8 Å². The van der Waals surface area contributed by atoms with E-state index in [4.69, 9.17) is 13.8 Å².